The van der Waals surface area contributed by atoms with E-state index in [0.717, 1.165) is 0 Å². The normalized spacial score (nSPS) is 13.9. The van der Waals surface area contributed by atoms with Crippen LogP contribution in [0.25, 0.3) is 0 Å². The lowest BCUT2D eigenvalue weighted by molar-refractivity contribution is -0.141. The van der Waals surface area contributed by atoms with Gasteiger partial charge in [-0.2, -0.15) is 12.6 Å². The number of para-hydroxylation sites is 1. The lowest BCUT2D eigenvalue weighted by Crippen LogP contribution is -2.35. The Labute approximate surface area is 98.6 Å². The summed E-state index contributed by atoms with van der Waals surface area (Å²) in [6, 6.07) is 8.73. The first kappa shape index (κ1) is 12.6. The van der Waals surface area contributed by atoms with Gasteiger partial charge in [-0.05, 0) is 19.1 Å². The van der Waals surface area contributed by atoms with E-state index in [9.17, 15) is 9.59 Å². The molecule has 0 fully saturated rings. The van der Waals surface area contributed by atoms with E-state index < -0.39 is 23.1 Å². The van der Waals surface area contributed by atoms with Crippen molar-refractivity contribution in [1.29, 1.82) is 0 Å². The number of carboxylic acid groups (broad SMARTS) is 1. The van der Waals surface area contributed by atoms with Crippen LogP contribution in [0.15, 0.2) is 30.3 Å². The smallest absolute Gasteiger partial charge is 0.324 e. The molecule has 5 heteroatoms. The van der Waals surface area contributed by atoms with Gasteiger partial charge in [0.1, 0.15) is 5.75 Å². The Morgan fingerprint density at radius 1 is 1.31 bits per heavy atom. The van der Waals surface area contributed by atoms with Gasteiger partial charge in [0.15, 0.2) is 17.1 Å². The molecule has 2 atom stereocenters. The average Bonchev–Trinajstić information content (AvgIpc) is 2.28. The molecule has 0 aromatic heterocycles. The van der Waals surface area contributed by atoms with E-state index in [1.165, 1.54) is 6.92 Å². The molecule has 1 N–H and O–H groups in total. The summed E-state index contributed by atoms with van der Waals surface area (Å²) in [5.41, 5.74) is 0. The predicted molar refractivity (Wildman–Crippen MR) is 61.9 cm³/mol. The van der Waals surface area contributed by atoms with Crippen molar-refractivity contribution in [3.63, 3.8) is 0 Å². The fourth-order valence-corrected chi connectivity index (χ4v) is 1.32. The van der Waals surface area contributed by atoms with Crippen LogP contribution in [0, 0.1) is 0 Å². The molecule has 1 aromatic rings. The molecule has 86 valence electrons. The van der Waals surface area contributed by atoms with Crippen molar-refractivity contribution >= 4 is 24.4 Å². The van der Waals surface area contributed by atoms with Gasteiger partial charge in [-0.25, -0.2) is 0 Å². The van der Waals surface area contributed by atoms with E-state index in [2.05, 4.69) is 12.6 Å². The topological polar surface area (TPSA) is 63.6 Å². The van der Waals surface area contributed by atoms with Gasteiger partial charge in [0.05, 0.1) is 0 Å². The van der Waals surface area contributed by atoms with Gasteiger partial charge in [0.2, 0.25) is 0 Å². The summed E-state index contributed by atoms with van der Waals surface area (Å²) in [5.74, 6) is -1.31. The summed E-state index contributed by atoms with van der Waals surface area (Å²) in [6.07, 6.45) is -0.832. The van der Waals surface area contributed by atoms with Crippen LogP contribution in [-0.2, 0) is 9.59 Å². The molecule has 0 bridgehead atoms. The highest BCUT2D eigenvalue weighted by Crippen LogP contribution is 2.13. The Morgan fingerprint density at radius 2 is 1.88 bits per heavy atom. The summed E-state index contributed by atoms with van der Waals surface area (Å²) in [5, 5.41) is 7.27. The van der Waals surface area contributed by atoms with E-state index in [1.54, 1.807) is 24.3 Å². The molecule has 0 saturated heterocycles. The molecule has 0 aliphatic rings. The Morgan fingerprint density at radius 3 is 2.38 bits per heavy atom. The minimum Gasteiger partial charge on any atom is -0.483 e. The fraction of sp³-hybridized carbons (Fsp3) is 0.273. The van der Waals surface area contributed by atoms with Gasteiger partial charge < -0.3 is 9.84 Å². The summed E-state index contributed by atoms with van der Waals surface area (Å²) in [6.45, 7) is 1.50. The van der Waals surface area contributed by atoms with E-state index in [-0.39, 0.29) is 0 Å². The number of ketones is 1. The number of rotatable bonds is 5. The summed E-state index contributed by atoms with van der Waals surface area (Å²) in [4.78, 5) is 22.1. The maximum Gasteiger partial charge on any atom is 0.324 e. The SMILES string of the molecule is CC(Oc1ccccc1)C(=O)C(S)C(=O)O. The van der Waals surface area contributed by atoms with E-state index >= 15 is 0 Å². The van der Waals surface area contributed by atoms with Crippen LogP contribution in [0.3, 0.4) is 0 Å². The Bertz CT molecular complexity index is 377. The van der Waals surface area contributed by atoms with Gasteiger partial charge >= 0.3 is 5.97 Å². The van der Waals surface area contributed by atoms with Crippen molar-refractivity contribution in [1.82, 2.24) is 0 Å². The van der Waals surface area contributed by atoms with E-state index in [4.69, 9.17) is 9.84 Å². The lowest BCUT2D eigenvalue weighted by atomic mass is 10.2. The Hall–Kier alpha value is -1.49. The summed E-state index contributed by atoms with van der Waals surface area (Å²) in [7, 11) is 0. The van der Waals surface area contributed by atoms with Gasteiger partial charge in [0.25, 0.3) is 0 Å². The molecular formula is C11H12O4S. The quantitative estimate of drug-likeness (QED) is 0.603. The second-order valence-electron chi connectivity index (χ2n) is 3.22. The standard InChI is InChI=1S/C11H12O4S/c1-7(9(12)10(16)11(13)14)15-8-5-3-2-4-6-8/h2-7,10,16H,1H3,(H,13,14). The van der Waals surface area contributed by atoms with Crippen LogP contribution in [0.2, 0.25) is 0 Å². The van der Waals surface area contributed by atoms with Crippen molar-refractivity contribution in [2.75, 3.05) is 0 Å². The van der Waals surface area contributed by atoms with Crippen molar-refractivity contribution in [2.24, 2.45) is 0 Å². The largest absolute Gasteiger partial charge is 0.483 e. The first-order chi connectivity index (χ1) is 7.52. The molecule has 0 aliphatic heterocycles. The number of carbonyl (C=O) groups excluding carboxylic acids is 1. The third-order valence-corrected chi connectivity index (χ3v) is 2.44. The number of hydrogen-bond donors (Lipinski definition) is 2. The molecule has 16 heavy (non-hydrogen) atoms. The highest BCUT2D eigenvalue weighted by atomic mass is 32.1. The molecule has 1 rings (SSSR count). The summed E-state index contributed by atoms with van der Waals surface area (Å²) >= 11 is 3.70. The number of benzene rings is 1. The third-order valence-electron chi connectivity index (χ3n) is 1.96. The molecule has 0 spiro atoms. The monoisotopic (exact) mass is 240 g/mol. The van der Waals surface area contributed by atoms with Crippen LogP contribution in [0.4, 0.5) is 0 Å². The number of ether oxygens (including phenoxy) is 1. The maximum absolute atomic E-state index is 11.5. The zero-order valence-electron chi connectivity index (χ0n) is 8.66. The Balaban J connectivity index is 2.62. The van der Waals surface area contributed by atoms with Crippen LogP contribution >= 0.6 is 12.6 Å². The second-order valence-corrected chi connectivity index (χ2v) is 3.73. The van der Waals surface area contributed by atoms with Crippen molar-refractivity contribution < 1.29 is 19.4 Å². The number of carboxylic acids is 1. The van der Waals surface area contributed by atoms with Crippen molar-refractivity contribution in [3.05, 3.63) is 30.3 Å². The highest BCUT2D eigenvalue weighted by Gasteiger charge is 2.27. The van der Waals surface area contributed by atoms with Crippen molar-refractivity contribution in [3.8, 4) is 5.75 Å². The zero-order valence-corrected chi connectivity index (χ0v) is 9.56. The molecule has 0 amide bonds. The van der Waals surface area contributed by atoms with Crippen LogP contribution in [-0.4, -0.2) is 28.2 Å². The minimum absolute atomic E-state index is 0.522. The molecule has 0 aliphatic carbocycles. The first-order valence-electron chi connectivity index (χ1n) is 4.68. The van der Waals surface area contributed by atoms with Gasteiger partial charge in [0, 0.05) is 0 Å². The van der Waals surface area contributed by atoms with E-state index in [1.807, 2.05) is 6.07 Å². The number of carbonyl (C=O) groups is 2. The van der Waals surface area contributed by atoms with Gasteiger partial charge in [-0.1, -0.05) is 18.2 Å². The zero-order chi connectivity index (χ0) is 12.1. The molecule has 4 nitrogen and oxygen atoms in total. The number of thiol groups is 1. The average molecular weight is 240 g/mol. The van der Waals surface area contributed by atoms with Crippen molar-refractivity contribution in [2.45, 2.75) is 18.3 Å². The molecular weight excluding hydrogens is 228 g/mol. The fourth-order valence-electron chi connectivity index (χ4n) is 1.11. The second kappa shape index (κ2) is 5.55. The van der Waals surface area contributed by atoms with Crippen LogP contribution < -0.4 is 4.74 Å². The number of aliphatic carboxylic acids is 1. The maximum atomic E-state index is 11.5. The van der Waals surface area contributed by atoms with Gasteiger partial charge in [-0.15, -0.1) is 0 Å². The number of Topliss-reactive ketones (excluding diaryl/α,β-unsaturated/α-hetero) is 1. The molecule has 0 saturated carbocycles. The Kier molecular flexibility index (Phi) is 4.37. The van der Waals surface area contributed by atoms with Gasteiger partial charge in [-0.3, -0.25) is 9.59 Å². The summed E-state index contributed by atoms with van der Waals surface area (Å²) < 4.78 is 5.29. The van der Waals surface area contributed by atoms with E-state index in [0.29, 0.717) is 5.75 Å². The first-order valence-corrected chi connectivity index (χ1v) is 5.20. The predicted octanol–water partition coefficient (Wildman–Crippen LogP) is 1.41. The molecule has 0 radical (unpaired) electrons. The minimum atomic E-state index is -1.35. The molecule has 0 heterocycles. The van der Waals surface area contributed by atoms with Crippen LogP contribution in [0.5, 0.6) is 5.75 Å². The molecule has 1 aromatic carbocycles. The lowest BCUT2D eigenvalue weighted by Gasteiger charge is -2.15. The van der Waals surface area contributed by atoms with Crippen LogP contribution in [0.1, 0.15) is 6.92 Å². The third kappa shape index (κ3) is 3.27. The molecule has 2 unspecified atom stereocenters. The number of hydrogen-bond acceptors (Lipinski definition) is 4. The highest BCUT2D eigenvalue weighted by molar-refractivity contribution is 7.82.